The minimum atomic E-state index is -0.140. The van der Waals surface area contributed by atoms with E-state index in [1.54, 1.807) is 12.0 Å². The van der Waals surface area contributed by atoms with Crippen LogP contribution in [-0.2, 0) is 4.79 Å². The topological polar surface area (TPSA) is 74.4 Å². The minimum absolute atomic E-state index is 0.0235. The van der Waals surface area contributed by atoms with Crippen LogP contribution in [0.4, 0.5) is 4.79 Å². The molecule has 0 aliphatic carbocycles. The molecule has 0 radical (unpaired) electrons. The molecule has 2 aromatic carbocycles. The van der Waals surface area contributed by atoms with Crippen molar-refractivity contribution in [3.8, 4) is 5.75 Å². The summed E-state index contributed by atoms with van der Waals surface area (Å²) in [7, 11) is 1.64. The molecular formula is C22H23N3O3S. The van der Waals surface area contributed by atoms with E-state index >= 15 is 0 Å². The molecule has 0 bridgehead atoms. The number of carbonyl (C=O) groups excluding carboxylic acids is 2. The molecule has 7 heteroatoms. The number of ether oxygens (including phenoxy) is 1. The predicted octanol–water partition coefficient (Wildman–Crippen LogP) is 3.59. The first kappa shape index (κ1) is 19.4. The zero-order valence-corrected chi connectivity index (χ0v) is 17.0. The van der Waals surface area contributed by atoms with Crippen molar-refractivity contribution in [3.05, 3.63) is 65.9 Å². The summed E-state index contributed by atoms with van der Waals surface area (Å²) < 4.78 is 5.28. The molecule has 1 aliphatic rings. The highest BCUT2D eigenvalue weighted by molar-refractivity contribution is 8.13. The maximum absolute atomic E-state index is 12.5. The molecule has 1 atom stereocenters. The van der Waals surface area contributed by atoms with E-state index in [1.807, 2.05) is 48.7 Å². The van der Waals surface area contributed by atoms with E-state index in [0.29, 0.717) is 13.1 Å². The molecule has 1 aliphatic heterocycles. The summed E-state index contributed by atoms with van der Waals surface area (Å²) in [4.78, 5) is 29.1. The highest BCUT2D eigenvalue weighted by atomic mass is 32.2. The molecule has 2 N–H and O–H groups in total. The van der Waals surface area contributed by atoms with Crippen LogP contribution >= 0.6 is 11.8 Å². The van der Waals surface area contributed by atoms with Gasteiger partial charge in [-0.05, 0) is 29.3 Å². The third-order valence-corrected chi connectivity index (χ3v) is 6.09. The number of aromatic nitrogens is 1. The van der Waals surface area contributed by atoms with Gasteiger partial charge in [0.25, 0.3) is 5.24 Å². The second kappa shape index (κ2) is 8.61. The Kier molecular flexibility index (Phi) is 5.76. The van der Waals surface area contributed by atoms with Crippen molar-refractivity contribution < 1.29 is 14.3 Å². The van der Waals surface area contributed by atoms with Gasteiger partial charge in [0, 0.05) is 41.9 Å². The molecule has 29 heavy (non-hydrogen) atoms. The molecule has 6 nitrogen and oxygen atoms in total. The van der Waals surface area contributed by atoms with Gasteiger partial charge < -0.3 is 19.9 Å². The van der Waals surface area contributed by atoms with Gasteiger partial charge in [-0.2, -0.15) is 0 Å². The first-order valence-corrected chi connectivity index (χ1v) is 10.5. The number of fused-ring (bicyclic) bond motifs is 1. The van der Waals surface area contributed by atoms with Gasteiger partial charge in [-0.25, -0.2) is 0 Å². The van der Waals surface area contributed by atoms with E-state index in [0.717, 1.165) is 33.5 Å². The Bertz CT molecular complexity index is 1020. The van der Waals surface area contributed by atoms with E-state index in [-0.39, 0.29) is 23.6 Å². The van der Waals surface area contributed by atoms with Gasteiger partial charge >= 0.3 is 0 Å². The Morgan fingerprint density at radius 2 is 2.03 bits per heavy atom. The van der Waals surface area contributed by atoms with Crippen molar-refractivity contribution in [1.82, 2.24) is 15.2 Å². The number of carbonyl (C=O) groups is 2. The number of benzene rings is 2. The van der Waals surface area contributed by atoms with Crippen LogP contribution in [-0.4, -0.2) is 53.5 Å². The zero-order chi connectivity index (χ0) is 20.2. The fraction of sp³-hybridized carbons (Fsp3) is 0.273. The lowest BCUT2D eigenvalue weighted by molar-refractivity contribution is -0.121. The standard InChI is InChI=1S/C22H23N3O3S/c1-28-16-8-6-15(7-9-16)18(19-13-23-20-5-3-2-4-17(19)20)12-24-21(26)14-25-10-11-29-22(25)27/h2-9,13,18,23H,10-12,14H2,1H3,(H,24,26). The van der Waals surface area contributed by atoms with Crippen molar-refractivity contribution in [2.75, 3.05) is 32.5 Å². The Hall–Kier alpha value is -2.93. The molecule has 0 spiro atoms. The number of H-pyrrole nitrogens is 1. The summed E-state index contributed by atoms with van der Waals surface area (Å²) in [6.07, 6.45) is 2.01. The van der Waals surface area contributed by atoms with Crippen LogP contribution < -0.4 is 10.1 Å². The molecule has 1 saturated heterocycles. The smallest absolute Gasteiger partial charge is 0.282 e. The average molecular weight is 410 g/mol. The molecule has 2 amide bonds. The Morgan fingerprint density at radius 1 is 1.24 bits per heavy atom. The first-order chi connectivity index (χ1) is 14.2. The second-order valence-electron chi connectivity index (χ2n) is 6.96. The van der Waals surface area contributed by atoms with Gasteiger partial charge in [-0.1, -0.05) is 42.1 Å². The van der Waals surface area contributed by atoms with Gasteiger partial charge in [-0.3, -0.25) is 9.59 Å². The van der Waals surface area contributed by atoms with Crippen LogP contribution in [0.1, 0.15) is 17.0 Å². The van der Waals surface area contributed by atoms with Crippen LogP contribution in [0.2, 0.25) is 0 Å². The molecule has 150 valence electrons. The largest absolute Gasteiger partial charge is 0.497 e. The summed E-state index contributed by atoms with van der Waals surface area (Å²) in [6, 6.07) is 16.0. The minimum Gasteiger partial charge on any atom is -0.497 e. The number of amides is 2. The summed E-state index contributed by atoms with van der Waals surface area (Å²) in [5.41, 5.74) is 3.27. The van der Waals surface area contributed by atoms with Gasteiger partial charge in [-0.15, -0.1) is 0 Å². The van der Waals surface area contributed by atoms with Gasteiger partial charge in [0.2, 0.25) is 5.91 Å². The number of methoxy groups -OCH3 is 1. The van der Waals surface area contributed by atoms with E-state index in [2.05, 4.69) is 16.4 Å². The normalized spacial score (nSPS) is 14.9. The van der Waals surface area contributed by atoms with Gasteiger partial charge in [0.1, 0.15) is 12.3 Å². The highest BCUT2D eigenvalue weighted by Crippen LogP contribution is 2.31. The number of rotatable bonds is 7. The maximum atomic E-state index is 12.5. The second-order valence-corrected chi connectivity index (χ2v) is 8.00. The number of para-hydroxylation sites is 1. The van der Waals surface area contributed by atoms with E-state index in [9.17, 15) is 9.59 Å². The fourth-order valence-corrected chi connectivity index (χ4v) is 4.47. The monoisotopic (exact) mass is 409 g/mol. The number of nitrogens with one attached hydrogen (secondary N) is 2. The molecule has 2 heterocycles. The molecule has 4 rings (SSSR count). The third-order valence-electron chi connectivity index (χ3n) is 5.20. The number of hydrogen-bond donors (Lipinski definition) is 2. The summed E-state index contributed by atoms with van der Waals surface area (Å²) in [6.45, 7) is 1.18. The lowest BCUT2D eigenvalue weighted by Crippen LogP contribution is -2.39. The molecule has 1 aromatic heterocycles. The molecular weight excluding hydrogens is 386 g/mol. The Morgan fingerprint density at radius 3 is 2.76 bits per heavy atom. The zero-order valence-electron chi connectivity index (χ0n) is 16.2. The molecule has 1 unspecified atom stereocenters. The number of nitrogens with zero attached hydrogens (tertiary/aromatic N) is 1. The van der Waals surface area contributed by atoms with Gasteiger partial charge in [0.15, 0.2) is 0 Å². The van der Waals surface area contributed by atoms with Crippen LogP contribution in [0.15, 0.2) is 54.7 Å². The van der Waals surface area contributed by atoms with Crippen molar-refractivity contribution in [3.63, 3.8) is 0 Å². The first-order valence-electron chi connectivity index (χ1n) is 9.54. The maximum Gasteiger partial charge on any atom is 0.282 e. The quantitative estimate of drug-likeness (QED) is 0.625. The van der Waals surface area contributed by atoms with E-state index in [4.69, 9.17) is 4.74 Å². The van der Waals surface area contributed by atoms with Crippen molar-refractivity contribution >= 4 is 33.8 Å². The summed E-state index contributed by atoms with van der Waals surface area (Å²) in [5, 5.41) is 4.13. The summed E-state index contributed by atoms with van der Waals surface area (Å²) in [5.74, 6) is 1.38. The molecule has 0 saturated carbocycles. The average Bonchev–Trinajstić information content (AvgIpc) is 3.35. The highest BCUT2D eigenvalue weighted by Gasteiger charge is 2.24. The predicted molar refractivity (Wildman–Crippen MR) is 116 cm³/mol. The van der Waals surface area contributed by atoms with Crippen LogP contribution in [0, 0.1) is 0 Å². The lowest BCUT2D eigenvalue weighted by Gasteiger charge is -2.20. The number of thioether (sulfide) groups is 1. The lowest BCUT2D eigenvalue weighted by atomic mass is 9.90. The SMILES string of the molecule is COc1ccc(C(CNC(=O)CN2CCSC2=O)c2c[nH]c3ccccc23)cc1. The van der Waals surface area contributed by atoms with Crippen LogP contribution in [0.25, 0.3) is 10.9 Å². The number of hydrogen-bond acceptors (Lipinski definition) is 4. The van der Waals surface area contributed by atoms with Gasteiger partial charge in [0.05, 0.1) is 7.11 Å². The van der Waals surface area contributed by atoms with Crippen molar-refractivity contribution in [2.45, 2.75) is 5.92 Å². The van der Waals surface area contributed by atoms with Crippen LogP contribution in [0.3, 0.4) is 0 Å². The Balaban J connectivity index is 1.56. The van der Waals surface area contributed by atoms with Crippen molar-refractivity contribution in [2.24, 2.45) is 0 Å². The third kappa shape index (κ3) is 4.24. The Labute approximate surface area is 173 Å². The molecule has 3 aromatic rings. The van der Waals surface area contributed by atoms with E-state index in [1.165, 1.54) is 11.8 Å². The molecule has 1 fully saturated rings. The van der Waals surface area contributed by atoms with Crippen molar-refractivity contribution in [1.29, 1.82) is 0 Å². The van der Waals surface area contributed by atoms with E-state index < -0.39 is 0 Å². The van der Waals surface area contributed by atoms with Crippen LogP contribution in [0.5, 0.6) is 5.75 Å². The fourth-order valence-electron chi connectivity index (χ4n) is 3.64. The summed E-state index contributed by atoms with van der Waals surface area (Å²) >= 11 is 1.26. The number of aromatic amines is 1.